The number of amides is 3. The van der Waals surface area contributed by atoms with Gasteiger partial charge in [0.25, 0.3) is 5.91 Å². The second-order valence-electron chi connectivity index (χ2n) is 9.64. The molecular formula is C26H42N4O6. The van der Waals surface area contributed by atoms with Crippen LogP contribution in [0, 0.1) is 17.8 Å². The van der Waals surface area contributed by atoms with Crippen molar-refractivity contribution in [2.24, 2.45) is 17.8 Å². The van der Waals surface area contributed by atoms with Crippen molar-refractivity contribution in [1.29, 1.82) is 0 Å². The third kappa shape index (κ3) is 10.6. The highest BCUT2D eigenvalue weighted by atomic mass is 16.5. The molecule has 0 unspecified atom stereocenters. The van der Waals surface area contributed by atoms with E-state index in [1.54, 1.807) is 13.8 Å². The fourth-order valence-corrected chi connectivity index (χ4v) is 3.44. The molecular weight excluding hydrogens is 464 g/mol. The molecule has 0 spiro atoms. The fraction of sp³-hybridized carbons (Fsp3) is 0.615. The summed E-state index contributed by atoms with van der Waals surface area (Å²) in [5.41, 5.74) is 6.18. The average molecular weight is 507 g/mol. The first-order valence-corrected chi connectivity index (χ1v) is 12.4. The zero-order chi connectivity index (χ0) is 27.3. The zero-order valence-corrected chi connectivity index (χ0v) is 22.4. The van der Waals surface area contributed by atoms with Crippen LogP contribution in [0.15, 0.2) is 30.3 Å². The molecule has 0 radical (unpaired) electrons. The Morgan fingerprint density at radius 2 is 1.53 bits per heavy atom. The van der Waals surface area contributed by atoms with E-state index in [1.165, 1.54) is 7.11 Å². The molecule has 0 aliphatic heterocycles. The van der Waals surface area contributed by atoms with Gasteiger partial charge in [-0.15, -0.1) is 0 Å². The van der Waals surface area contributed by atoms with Crippen molar-refractivity contribution in [3.63, 3.8) is 0 Å². The molecule has 4 N–H and O–H groups in total. The van der Waals surface area contributed by atoms with E-state index >= 15 is 0 Å². The third-order valence-corrected chi connectivity index (χ3v) is 5.79. The van der Waals surface area contributed by atoms with Crippen LogP contribution in [0.2, 0.25) is 0 Å². The van der Waals surface area contributed by atoms with Crippen molar-refractivity contribution >= 4 is 23.9 Å². The molecule has 0 heterocycles. The van der Waals surface area contributed by atoms with E-state index in [0.717, 1.165) is 5.56 Å². The van der Waals surface area contributed by atoms with E-state index in [0.29, 0.717) is 12.8 Å². The molecule has 1 aromatic carbocycles. The first kappa shape index (κ1) is 30.9. The van der Waals surface area contributed by atoms with Crippen LogP contribution in [-0.2, 0) is 30.5 Å². The van der Waals surface area contributed by atoms with Crippen LogP contribution in [-0.4, -0.2) is 49.1 Å². The topological polar surface area (TPSA) is 135 Å². The molecule has 0 saturated heterocycles. The fourth-order valence-electron chi connectivity index (χ4n) is 3.44. The summed E-state index contributed by atoms with van der Waals surface area (Å²) < 4.78 is 10.1. The summed E-state index contributed by atoms with van der Waals surface area (Å²) in [6.45, 7) is 11.3. The quantitative estimate of drug-likeness (QED) is 0.225. The minimum absolute atomic E-state index is 0.0748. The Kier molecular flexibility index (Phi) is 13.5. The van der Waals surface area contributed by atoms with Gasteiger partial charge in [0.05, 0.1) is 7.11 Å². The number of hydrogen-bond donors (Lipinski definition) is 4. The van der Waals surface area contributed by atoms with Crippen LogP contribution >= 0.6 is 0 Å². The minimum atomic E-state index is -0.898. The number of hydrazine groups is 1. The molecule has 0 aliphatic carbocycles. The normalized spacial score (nSPS) is 14.4. The van der Waals surface area contributed by atoms with Crippen LogP contribution in [0.1, 0.15) is 59.9 Å². The van der Waals surface area contributed by atoms with Gasteiger partial charge in [0.2, 0.25) is 5.91 Å². The van der Waals surface area contributed by atoms with E-state index < -0.39 is 42.0 Å². The molecule has 1 aromatic rings. The molecule has 0 aromatic heterocycles. The number of carbonyl (C=O) groups excluding carboxylic acids is 4. The summed E-state index contributed by atoms with van der Waals surface area (Å²) in [6, 6.07) is 6.70. The molecule has 202 valence electrons. The summed E-state index contributed by atoms with van der Waals surface area (Å²) in [6.07, 6.45) is 0.340. The van der Waals surface area contributed by atoms with Gasteiger partial charge in [0.1, 0.15) is 24.7 Å². The molecule has 10 heteroatoms. The number of methoxy groups -OCH3 is 1. The van der Waals surface area contributed by atoms with E-state index in [4.69, 9.17) is 9.47 Å². The van der Waals surface area contributed by atoms with Gasteiger partial charge in [-0.05, 0) is 29.7 Å². The van der Waals surface area contributed by atoms with Crippen LogP contribution in [0.4, 0.5) is 4.79 Å². The highest BCUT2D eigenvalue weighted by molar-refractivity contribution is 5.89. The van der Waals surface area contributed by atoms with Crippen LogP contribution < -0.4 is 21.5 Å². The molecule has 1 rings (SSSR count). The van der Waals surface area contributed by atoms with Gasteiger partial charge in [0, 0.05) is 0 Å². The highest BCUT2D eigenvalue weighted by Crippen LogP contribution is 2.11. The van der Waals surface area contributed by atoms with Gasteiger partial charge < -0.3 is 20.1 Å². The second kappa shape index (κ2) is 15.8. The number of hydrogen-bond acceptors (Lipinski definition) is 7. The number of carbonyl (C=O) groups is 4. The Balaban J connectivity index is 2.80. The van der Waals surface area contributed by atoms with Crippen molar-refractivity contribution in [1.82, 2.24) is 21.5 Å². The van der Waals surface area contributed by atoms with Crippen molar-refractivity contribution < 1.29 is 28.7 Å². The largest absolute Gasteiger partial charge is 0.467 e. The maximum absolute atomic E-state index is 13.0. The van der Waals surface area contributed by atoms with Crippen LogP contribution in [0.3, 0.4) is 0 Å². The number of alkyl carbamates (subject to hydrolysis) is 1. The van der Waals surface area contributed by atoms with Crippen molar-refractivity contribution in [3.8, 4) is 0 Å². The molecule has 4 atom stereocenters. The zero-order valence-electron chi connectivity index (χ0n) is 22.4. The Hall–Kier alpha value is -3.14. The van der Waals surface area contributed by atoms with E-state index in [1.807, 2.05) is 58.0 Å². The third-order valence-electron chi connectivity index (χ3n) is 5.79. The second-order valence-corrected chi connectivity index (χ2v) is 9.64. The van der Waals surface area contributed by atoms with Crippen molar-refractivity contribution in [2.45, 2.75) is 79.1 Å². The number of benzene rings is 1. The lowest BCUT2D eigenvalue weighted by atomic mass is 9.97. The smallest absolute Gasteiger partial charge is 0.408 e. The average Bonchev–Trinajstić information content (AvgIpc) is 2.84. The lowest BCUT2D eigenvalue weighted by molar-refractivity contribution is -0.146. The Bertz CT molecular complexity index is 846. The standard InChI is InChI=1S/C26H42N4O6/c1-8-18(6)22(23(31)27-20(14-16(2)3)25(33)35-7)29-30-24(32)21(17(4)5)28-26(34)36-15-19-12-10-9-11-13-19/h9-13,16-18,20-22,29H,8,14-15H2,1-7H3,(H,27,31)(H,28,34)(H,30,32)/t18-,20-,21-,22-/m0/s1. The molecule has 0 bridgehead atoms. The molecule has 0 saturated carbocycles. The first-order chi connectivity index (χ1) is 17.0. The summed E-state index contributed by atoms with van der Waals surface area (Å²) in [5.74, 6) is -1.73. The number of rotatable bonds is 14. The summed E-state index contributed by atoms with van der Waals surface area (Å²) in [4.78, 5) is 50.4. The summed E-state index contributed by atoms with van der Waals surface area (Å²) in [7, 11) is 1.27. The van der Waals surface area contributed by atoms with E-state index in [-0.39, 0.29) is 24.4 Å². The minimum Gasteiger partial charge on any atom is -0.467 e. The Labute approximate surface area is 214 Å². The van der Waals surface area contributed by atoms with Gasteiger partial charge in [-0.1, -0.05) is 78.3 Å². The molecule has 36 heavy (non-hydrogen) atoms. The predicted octanol–water partition coefficient (Wildman–Crippen LogP) is 2.68. The summed E-state index contributed by atoms with van der Waals surface area (Å²) in [5, 5.41) is 5.32. The van der Waals surface area contributed by atoms with Crippen LogP contribution in [0.5, 0.6) is 0 Å². The number of esters is 1. The molecule has 10 nitrogen and oxygen atoms in total. The molecule has 3 amide bonds. The molecule has 0 fully saturated rings. The van der Waals surface area contributed by atoms with Gasteiger partial charge in [-0.2, -0.15) is 0 Å². The van der Waals surface area contributed by atoms with Gasteiger partial charge >= 0.3 is 12.1 Å². The van der Waals surface area contributed by atoms with E-state index in [9.17, 15) is 19.2 Å². The number of ether oxygens (including phenoxy) is 2. The lowest BCUT2D eigenvalue weighted by Crippen LogP contribution is -2.60. The predicted molar refractivity (Wildman–Crippen MR) is 136 cm³/mol. The lowest BCUT2D eigenvalue weighted by Gasteiger charge is -2.28. The van der Waals surface area contributed by atoms with Crippen LogP contribution in [0.25, 0.3) is 0 Å². The SMILES string of the molecule is CC[C@H](C)[C@H](NNC(=O)[C@@H](NC(=O)OCc1ccccc1)C(C)C)C(=O)N[C@@H](CC(C)C)C(=O)OC. The van der Waals surface area contributed by atoms with Crippen molar-refractivity contribution in [3.05, 3.63) is 35.9 Å². The van der Waals surface area contributed by atoms with Crippen molar-refractivity contribution in [2.75, 3.05) is 7.11 Å². The van der Waals surface area contributed by atoms with Gasteiger partial charge in [0.15, 0.2) is 0 Å². The molecule has 0 aliphatic rings. The number of nitrogens with one attached hydrogen (secondary N) is 4. The van der Waals surface area contributed by atoms with Gasteiger partial charge in [-0.3, -0.25) is 15.0 Å². The Morgan fingerprint density at radius 1 is 0.889 bits per heavy atom. The van der Waals surface area contributed by atoms with Gasteiger partial charge in [-0.25, -0.2) is 15.0 Å². The monoisotopic (exact) mass is 506 g/mol. The summed E-state index contributed by atoms with van der Waals surface area (Å²) >= 11 is 0. The first-order valence-electron chi connectivity index (χ1n) is 12.4. The maximum Gasteiger partial charge on any atom is 0.408 e. The maximum atomic E-state index is 13.0. The van der Waals surface area contributed by atoms with E-state index in [2.05, 4.69) is 21.5 Å². The Morgan fingerprint density at radius 3 is 2.06 bits per heavy atom. The highest BCUT2D eigenvalue weighted by Gasteiger charge is 2.31.